The van der Waals surface area contributed by atoms with Crippen LogP contribution in [0.25, 0.3) is 0 Å². The lowest BCUT2D eigenvalue weighted by Crippen LogP contribution is -2.44. The summed E-state index contributed by atoms with van der Waals surface area (Å²) in [5.74, 6) is -2.16. The van der Waals surface area contributed by atoms with Gasteiger partial charge in [-0.3, -0.25) is 19.2 Å². The first-order chi connectivity index (χ1) is 15.3. The third-order valence-corrected chi connectivity index (χ3v) is 7.39. The molecule has 0 aliphatic carbocycles. The first kappa shape index (κ1) is 30.7. The fourth-order valence-electron chi connectivity index (χ4n) is 2.50. The molecule has 184 valence electrons. The molecule has 5 N–H and O–H groups in total. The topological polar surface area (TPSA) is 174 Å². The Balaban J connectivity index is 3.60. The van der Waals surface area contributed by atoms with Crippen molar-refractivity contribution in [2.24, 2.45) is 0 Å². The second-order valence-electron chi connectivity index (χ2n) is 6.55. The lowest BCUT2D eigenvalue weighted by atomic mass is 10.1. The molecule has 1 rings (SSSR count). The number of esters is 1. The Morgan fingerprint density at radius 2 is 1.45 bits per heavy atom. The van der Waals surface area contributed by atoms with Crippen LogP contribution in [0.1, 0.15) is 27.6 Å². The molecule has 0 saturated heterocycles. The van der Waals surface area contributed by atoms with Crippen LogP contribution in [0.15, 0.2) is 0 Å². The molecule has 0 aromatic heterocycles. The minimum Gasteiger partial charge on any atom is -0.456 e. The van der Waals surface area contributed by atoms with Crippen molar-refractivity contribution in [1.29, 1.82) is 0 Å². The first-order valence-corrected chi connectivity index (χ1v) is 12.7. The second-order valence-corrected chi connectivity index (χ2v) is 10.1. The normalized spacial score (nSPS) is 12.6. The van der Waals surface area contributed by atoms with E-state index in [2.05, 4.69) is 10.1 Å². The van der Waals surface area contributed by atoms with Crippen LogP contribution in [0, 0.1) is 10.7 Å². The third-order valence-electron chi connectivity index (χ3n) is 3.97. The Kier molecular flexibility index (Phi) is 13.2. The lowest BCUT2D eigenvalue weighted by molar-refractivity contribution is -0.144. The fraction of sp³-hybridized carbons (Fsp3) is 0.444. The van der Waals surface area contributed by atoms with E-state index in [1.165, 1.54) is 0 Å². The van der Waals surface area contributed by atoms with Gasteiger partial charge >= 0.3 is 5.97 Å². The highest BCUT2D eigenvalue weighted by atomic mass is 127. The highest BCUT2D eigenvalue weighted by Gasteiger charge is 2.31. The Morgan fingerprint density at radius 1 is 0.970 bits per heavy atom. The van der Waals surface area contributed by atoms with E-state index in [1.54, 1.807) is 67.8 Å². The molecule has 0 aliphatic rings. The van der Waals surface area contributed by atoms with Gasteiger partial charge in [-0.25, -0.2) is 0 Å². The molecule has 0 fully saturated rings. The molecular weight excluding hydrogens is 804 g/mol. The van der Waals surface area contributed by atoms with Gasteiger partial charge in [-0.1, -0.05) is 0 Å². The number of nitrogens with one attached hydrogen (secondary N) is 1. The molecule has 0 heterocycles. The summed E-state index contributed by atoms with van der Waals surface area (Å²) >= 11 is 11.1. The SMILES string of the molecule is CC(=O)OCC(=O)Nc1c(I)c(C(=O)Cl)c(I)c(C(=O)N(CC(O)CO)CC(O)CO)c1I. The molecule has 1 aromatic rings. The van der Waals surface area contributed by atoms with Gasteiger partial charge in [0.05, 0.1) is 49.4 Å². The average molecular weight is 825 g/mol. The first-order valence-electron chi connectivity index (χ1n) is 9.06. The van der Waals surface area contributed by atoms with Crippen LogP contribution in [0.3, 0.4) is 0 Å². The summed E-state index contributed by atoms with van der Waals surface area (Å²) in [5.41, 5.74) is -0.0417. The number of anilines is 1. The number of hydrogen-bond acceptors (Lipinski definition) is 9. The molecule has 0 aliphatic heterocycles. The number of carbonyl (C=O) groups is 4. The largest absolute Gasteiger partial charge is 0.456 e. The van der Waals surface area contributed by atoms with Crippen molar-refractivity contribution in [1.82, 2.24) is 4.90 Å². The number of aliphatic hydroxyl groups excluding tert-OH is 4. The summed E-state index contributed by atoms with van der Waals surface area (Å²) in [7, 11) is 0. The zero-order chi connectivity index (χ0) is 25.5. The van der Waals surface area contributed by atoms with Crippen molar-refractivity contribution in [2.45, 2.75) is 19.1 Å². The van der Waals surface area contributed by atoms with E-state index in [4.69, 9.17) is 11.6 Å². The van der Waals surface area contributed by atoms with E-state index < -0.39 is 55.1 Å². The minimum atomic E-state index is -1.34. The van der Waals surface area contributed by atoms with Crippen LogP contribution in [-0.2, 0) is 14.3 Å². The van der Waals surface area contributed by atoms with Crippen LogP contribution in [0.5, 0.6) is 0 Å². The number of halogens is 4. The molecule has 0 spiro atoms. The van der Waals surface area contributed by atoms with Gasteiger partial charge in [0.1, 0.15) is 0 Å². The number of aliphatic hydroxyl groups is 4. The van der Waals surface area contributed by atoms with Crippen molar-refractivity contribution in [3.63, 3.8) is 0 Å². The third kappa shape index (κ3) is 8.65. The highest BCUT2D eigenvalue weighted by Crippen LogP contribution is 2.37. The number of ether oxygens (including phenoxy) is 1. The van der Waals surface area contributed by atoms with Crippen LogP contribution in [0.4, 0.5) is 5.69 Å². The van der Waals surface area contributed by atoms with Gasteiger partial charge < -0.3 is 35.4 Å². The zero-order valence-corrected chi connectivity index (χ0v) is 24.2. The summed E-state index contributed by atoms with van der Waals surface area (Å²) in [6.07, 6.45) is -2.67. The summed E-state index contributed by atoms with van der Waals surface area (Å²) in [6, 6.07) is 0. The van der Waals surface area contributed by atoms with Crippen LogP contribution >= 0.6 is 79.4 Å². The van der Waals surface area contributed by atoms with Crippen molar-refractivity contribution in [2.75, 3.05) is 38.2 Å². The molecule has 33 heavy (non-hydrogen) atoms. The highest BCUT2D eigenvalue weighted by molar-refractivity contribution is 14.1. The van der Waals surface area contributed by atoms with Gasteiger partial charge in [-0.15, -0.1) is 0 Å². The molecule has 11 nitrogen and oxygen atoms in total. The molecule has 2 amide bonds. The van der Waals surface area contributed by atoms with Gasteiger partial charge in [0, 0.05) is 23.6 Å². The van der Waals surface area contributed by atoms with Crippen molar-refractivity contribution < 1.29 is 44.3 Å². The molecule has 1 aromatic carbocycles. The Hall–Kier alpha value is -0.380. The fourth-order valence-corrected chi connectivity index (χ4v) is 7.39. The summed E-state index contributed by atoms with van der Waals surface area (Å²) in [4.78, 5) is 49.8. The Morgan fingerprint density at radius 3 is 1.88 bits per heavy atom. The van der Waals surface area contributed by atoms with E-state index in [0.717, 1.165) is 11.8 Å². The van der Waals surface area contributed by atoms with Crippen LogP contribution in [-0.4, -0.2) is 93.5 Å². The quantitative estimate of drug-likeness (QED) is 0.121. The van der Waals surface area contributed by atoms with Crippen LogP contribution < -0.4 is 5.32 Å². The number of amides is 2. The number of carbonyl (C=O) groups excluding carboxylic acids is 4. The summed E-state index contributed by atoms with van der Waals surface area (Å²) in [5, 5.41) is 39.6. The molecular formula is C18H20ClI3N2O9. The standard InChI is InChI=1S/C18H20ClI3N2O9/c1-7(27)33-6-10(30)23-16-14(21)11(17(19)31)13(20)12(15(16)22)18(32)24(2-8(28)4-25)3-9(29)5-26/h8-9,25-26,28-29H,2-6H2,1H3,(H,23,30). The van der Waals surface area contributed by atoms with Gasteiger partial charge in [-0.2, -0.15) is 0 Å². The van der Waals surface area contributed by atoms with E-state index in [1.807, 2.05) is 0 Å². The summed E-state index contributed by atoms with van der Waals surface area (Å²) in [6.45, 7) is -1.57. The van der Waals surface area contributed by atoms with E-state index in [9.17, 15) is 39.6 Å². The molecule has 0 bridgehead atoms. The monoisotopic (exact) mass is 824 g/mol. The average Bonchev–Trinajstić information content (AvgIpc) is 2.73. The number of hydrogen-bond donors (Lipinski definition) is 5. The molecule has 0 radical (unpaired) electrons. The van der Waals surface area contributed by atoms with Crippen molar-refractivity contribution >= 4 is 108 Å². The van der Waals surface area contributed by atoms with E-state index in [0.29, 0.717) is 0 Å². The number of nitrogens with zero attached hydrogens (tertiary/aromatic N) is 1. The van der Waals surface area contributed by atoms with Gasteiger partial charge in [0.2, 0.25) is 0 Å². The smallest absolute Gasteiger partial charge is 0.303 e. The predicted octanol–water partition coefficient (Wildman–Crippen LogP) is 0.530. The van der Waals surface area contributed by atoms with Gasteiger partial charge in [0.25, 0.3) is 17.1 Å². The maximum Gasteiger partial charge on any atom is 0.303 e. The number of benzene rings is 1. The van der Waals surface area contributed by atoms with Crippen molar-refractivity contribution in [3.8, 4) is 0 Å². The Bertz CT molecular complexity index is 920. The summed E-state index contributed by atoms with van der Waals surface area (Å²) < 4.78 is 5.27. The van der Waals surface area contributed by atoms with E-state index >= 15 is 0 Å². The maximum atomic E-state index is 13.4. The van der Waals surface area contributed by atoms with Crippen molar-refractivity contribution in [3.05, 3.63) is 21.8 Å². The van der Waals surface area contributed by atoms with Gasteiger partial charge in [-0.05, 0) is 79.4 Å². The molecule has 2 unspecified atom stereocenters. The van der Waals surface area contributed by atoms with Crippen LogP contribution in [0.2, 0.25) is 0 Å². The molecule has 0 saturated carbocycles. The lowest BCUT2D eigenvalue weighted by Gasteiger charge is -2.28. The predicted molar refractivity (Wildman–Crippen MR) is 142 cm³/mol. The maximum absolute atomic E-state index is 13.4. The molecule has 2 atom stereocenters. The minimum absolute atomic E-state index is 0.0568. The zero-order valence-electron chi connectivity index (χ0n) is 17.0. The number of rotatable bonds is 11. The second kappa shape index (κ2) is 14.2. The van der Waals surface area contributed by atoms with E-state index in [-0.39, 0.29) is 40.6 Å². The Labute approximate surface area is 234 Å². The van der Waals surface area contributed by atoms with Gasteiger partial charge in [0.15, 0.2) is 6.61 Å². The molecule has 15 heteroatoms.